The average molecular weight is 172 g/mol. The van der Waals surface area contributed by atoms with Crippen LogP contribution in [0.1, 0.15) is 0 Å². The van der Waals surface area contributed by atoms with Crippen molar-refractivity contribution in [2.24, 2.45) is 4.99 Å². The van der Waals surface area contributed by atoms with Crippen molar-refractivity contribution in [2.45, 2.75) is 0 Å². The van der Waals surface area contributed by atoms with E-state index in [1.807, 2.05) is 11.8 Å². The molecule has 2 aliphatic rings. The third-order valence-corrected chi connectivity index (χ3v) is 2.88. The summed E-state index contributed by atoms with van der Waals surface area (Å²) in [4.78, 5) is 6.73. The van der Waals surface area contributed by atoms with Gasteiger partial charge >= 0.3 is 0 Å². The van der Waals surface area contributed by atoms with E-state index < -0.39 is 0 Å². The molecule has 0 saturated carbocycles. The van der Waals surface area contributed by atoms with Crippen LogP contribution in [0.3, 0.4) is 0 Å². The van der Waals surface area contributed by atoms with Gasteiger partial charge in [-0.1, -0.05) is 11.8 Å². The van der Waals surface area contributed by atoms with Crippen LogP contribution in [-0.4, -0.2) is 48.7 Å². The highest BCUT2D eigenvalue weighted by Crippen LogP contribution is 2.16. The first-order valence-corrected chi connectivity index (χ1v) is 4.95. The van der Waals surface area contributed by atoms with Gasteiger partial charge in [0.25, 0.3) is 0 Å². The molecular weight excluding hydrogens is 160 g/mol. The van der Waals surface area contributed by atoms with E-state index in [1.165, 1.54) is 5.17 Å². The number of nitrogens with zero attached hydrogens (tertiary/aromatic N) is 2. The minimum Gasteiger partial charge on any atom is -0.378 e. The van der Waals surface area contributed by atoms with E-state index in [0.717, 1.165) is 38.6 Å². The number of amidine groups is 1. The molecule has 0 radical (unpaired) electrons. The fourth-order valence-corrected chi connectivity index (χ4v) is 2.18. The Hall–Kier alpha value is -0.220. The lowest BCUT2D eigenvalue weighted by Crippen LogP contribution is -2.38. The molecule has 0 amide bonds. The van der Waals surface area contributed by atoms with E-state index in [9.17, 15) is 0 Å². The van der Waals surface area contributed by atoms with Crippen molar-refractivity contribution in [1.29, 1.82) is 0 Å². The van der Waals surface area contributed by atoms with Gasteiger partial charge in [-0.3, -0.25) is 4.99 Å². The minimum absolute atomic E-state index is 0.861. The van der Waals surface area contributed by atoms with Crippen molar-refractivity contribution in [2.75, 3.05) is 38.6 Å². The Morgan fingerprint density at radius 1 is 1.36 bits per heavy atom. The van der Waals surface area contributed by atoms with Gasteiger partial charge in [-0.15, -0.1) is 0 Å². The molecule has 62 valence electrons. The molecule has 0 N–H and O–H groups in total. The van der Waals surface area contributed by atoms with Crippen LogP contribution >= 0.6 is 11.8 Å². The van der Waals surface area contributed by atoms with E-state index >= 15 is 0 Å². The summed E-state index contributed by atoms with van der Waals surface area (Å²) in [7, 11) is 0. The zero-order valence-corrected chi connectivity index (χ0v) is 7.27. The highest BCUT2D eigenvalue weighted by atomic mass is 32.2. The van der Waals surface area contributed by atoms with Crippen LogP contribution in [0.5, 0.6) is 0 Å². The second-order valence-corrected chi connectivity index (χ2v) is 3.67. The zero-order valence-electron chi connectivity index (χ0n) is 6.45. The van der Waals surface area contributed by atoms with Crippen LogP contribution in [0.25, 0.3) is 0 Å². The molecule has 0 aromatic rings. The second-order valence-electron chi connectivity index (χ2n) is 2.61. The predicted molar refractivity (Wildman–Crippen MR) is 47.2 cm³/mol. The van der Waals surface area contributed by atoms with Crippen LogP contribution in [-0.2, 0) is 4.74 Å². The maximum Gasteiger partial charge on any atom is 0.159 e. The Morgan fingerprint density at radius 2 is 2.18 bits per heavy atom. The van der Waals surface area contributed by atoms with Crippen LogP contribution in [0.15, 0.2) is 4.99 Å². The van der Waals surface area contributed by atoms with E-state index in [1.54, 1.807) is 0 Å². The molecule has 0 atom stereocenters. The highest BCUT2D eigenvalue weighted by Gasteiger charge is 2.17. The van der Waals surface area contributed by atoms with Gasteiger partial charge in [-0.05, 0) is 0 Å². The topological polar surface area (TPSA) is 24.8 Å². The molecule has 2 heterocycles. The van der Waals surface area contributed by atoms with Crippen molar-refractivity contribution in [3.63, 3.8) is 0 Å². The van der Waals surface area contributed by atoms with E-state index in [0.29, 0.717) is 0 Å². The standard InChI is InChI=1S/C7H12N2OS/c1-6-11-7(8-1)9-2-4-10-5-3-9/h1-6H2. The SMILES string of the molecule is C1CSC(N2CCOCC2)=N1. The summed E-state index contributed by atoms with van der Waals surface area (Å²) >= 11 is 1.87. The van der Waals surface area contributed by atoms with Gasteiger partial charge in [0, 0.05) is 18.8 Å². The first kappa shape index (κ1) is 7.43. The van der Waals surface area contributed by atoms with Crippen LogP contribution < -0.4 is 0 Å². The number of thioether (sulfide) groups is 1. The Balaban J connectivity index is 1.92. The summed E-state index contributed by atoms with van der Waals surface area (Å²) in [5, 5.41) is 1.23. The maximum absolute atomic E-state index is 5.25. The summed E-state index contributed by atoms with van der Waals surface area (Å²) in [6, 6.07) is 0. The first-order valence-electron chi connectivity index (χ1n) is 3.97. The Kier molecular flexibility index (Phi) is 2.33. The van der Waals surface area contributed by atoms with Crippen molar-refractivity contribution >= 4 is 16.9 Å². The fraction of sp³-hybridized carbons (Fsp3) is 0.857. The third-order valence-electron chi connectivity index (χ3n) is 1.85. The number of hydrogen-bond donors (Lipinski definition) is 0. The maximum atomic E-state index is 5.25. The normalized spacial score (nSPS) is 25.5. The van der Waals surface area contributed by atoms with Crippen molar-refractivity contribution in [3.8, 4) is 0 Å². The molecule has 3 nitrogen and oxygen atoms in total. The monoisotopic (exact) mass is 172 g/mol. The van der Waals surface area contributed by atoms with Gasteiger partial charge in [0.15, 0.2) is 5.17 Å². The minimum atomic E-state index is 0.861. The Morgan fingerprint density at radius 3 is 2.82 bits per heavy atom. The smallest absolute Gasteiger partial charge is 0.159 e. The van der Waals surface area contributed by atoms with Gasteiger partial charge in [0.1, 0.15) is 0 Å². The molecule has 11 heavy (non-hydrogen) atoms. The molecule has 0 aliphatic carbocycles. The summed E-state index contributed by atoms with van der Waals surface area (Å²) < 4.78 is 5.25. The molecule has 2 aliphatic heterocycles. The second kappa shape index (κ2) is 3.45. The molecule has 1 saturated heterocycles. The van der Waals surface area contributed by atoms with E-state index in [4.69, 9.17) is 4.74 Å². The fourth-order valence-electron chi connectivity index (χ4n) is 1.27. The lowest BCUT2D eigenvalue weighted by Gasteiger charge is -2.27. The van der Waals surface area contributed by atoms with E-state index in [-0.39, 0.29) is 0 Å². The summed E-state index contributed by atoms with van der Waals surface area (Å²) in [5.41, 5.74) is 0. The third kappa shape index (κ3) is 1.68. The number of ether oxygens (including phenoxy) is 1. The van der Waals surface area contributed by atoms with Crippen LogP contribution in [0, 0.1) is 0 Å². The average Bonchev–Trinajstić information content (AvgIpc) is 2.58. The Bertz CT molecular complexity index is 166. The molecule has 4 heteroatoms. The van der Waals surface area contributed by atoms with Gasteiger partial charge in [0.2, 0.25) is 0 Å². The van der Waals surface area contributed by atoms with Gasteiger partial charge < -0.3 is 9.64 Å². The van der Waals surface area contributed by atoms with Crippen molar-refractivity contribution < 1.29 is 4.74 Å². The van der Waals surface area contributed by atoms with E-state index in [2.05, 4.69) is 9.89 Å². The molecule has 0 aromatic carbocycles. The first-order chi connectivity index (χ1) is 5.47. The van der Waals surface area contributed by atoms with Crippen LogP contribution in [0.4, 0.5) is 0 Å². The molecular formula is C7H12N2OS. The lowest BCUT2D eigenvalue weighted by molar-refractivity contribution is 0.0693. The van der Waals surface area contributed by atoms with Crippen molar-refractivity contribution in [3.05, 3.63) is 0 Å². The van der Waals surface area contributed by atoms with Gasteiger partial charge in [0.05, 0.1) is 19.8 Å². The lowest BCUT2D eigenvalue weighted by atomic mass is 10.5. The number of aliphatic imine (C=N–C) groups is 1. The zero-order chi connectivity index (χ0) is 7.52. The number of hydrogen-bond acceptors (Lipinski definition) is 4. The van der Waals surface area contributed by atoms with Gasteiger partial charge in [-0.25, -0.2) is 0 Å². The number of rotatable bonds is 0. The van der Waals surface area contributed by atoms with Gasteiger partial charge in [-0.2, -0.15) is 0 Å². The number of morpholine rings is 1. The molecule has 0 spiro atoms. The van der Waals surface area contributed by atoms with Crippen molar-refractivity contribution in [1.82, 2.24) is 4.90 Å². The summed E-state index contributed by atoms with van der Waals surface area (Å²) in [6.07, 6.45) is 0. The molecule has 0 aromatic heterocycles. The largest absolute Gasteiger partial charge is 0.378 e. The molecule has 0 bridgehead atoms. The summed E-state index contributed by atoms with van der Waals surface area (Å²) in [6.45, 7) is 4.76. The molecule has 1 fully saturated rings. The Labute approximate surface area is 70.8 Å². The molecule has 0 unspecified atom stereocenters. The highest BCUT2D eigenvalue weighted by molar-refractivity contribution is 8.14. The molecule has 2 rings (SSSR count). The summed E-state index contributed by atoms with van der Waals surface area (Å²) in [5.74, 6) is 1.16. The quantitative estimate of drug-likeness (QED) is 0.529. The predicted octanol–water partition coefficient (Wildman–Crippen LogP) is 0.421. The van der Waals surface area contributed by atoms with Crippen LogP contribution in [0.2, 0.25) is 0 Å².